The first kappa shape index (κ1) is 23.8. The molecule has 2 aliphatic rings. The lowest BCUT2D eigenvalue weighted by molar-refractivity contribution is -0.119. The quantitative estimate of drug-likeness (QED) is 0.341. The molecule has 0 bridgehead atoms. The highest BCUT2D eigenvalue weighted by molar-refractivity contribution is 8.04. The number of rotatable bonds is 11. The summed E-state index contributed by atoms with van der Waals surface area (Å²) in [4.78, 5) is 49.4. The van der Waals surface area contributed by atoms with Crippen molar-refractivity contribution in [1.29, 1.82) is 0 Å². The highest BCUT2D eigenvalue weighted by Gasteiger charge is 2.32. The minimum absolute atomic E-state index is 0.0899. The number of hydrogen-bond donors (Lipinski definition) is 0. The Labute approximate surface area is 182 Å². The van der Waals surface area contributed by atoms with Crippen LogP contribution in [0.1, 0.15) is 12.8 Å². The van der Waals surface area contributed by atoms with Gasteiger partial charge in [0.2, 0.25) is 46.2 Å². The van der Waals surface area contributed by atoms with Gasteiger partial charge in [-0.25, -0.2) is 0 Å². The summed E-state index contributed by atoms with van der Waals surface area (Å²) in [6.07, 6.45) is 4.00. The van der Waals surface area contributed by atoms with E-state index in [2.05, 4.69) is 0 Å². The van der Waals surface area contributed by atoms with E-state index >= 15 is 0 Å². The van der Waals surface area contributed by atoms with E-state index < -0.39 is 11.6 Å². The van der Waals surface area contributed by atoms with Crippen LogP contribution in [0, 0.1) is 0 Å². The average molecular weight is 455 g/mol. The number of carbonyl (C=O) groups excluding carboxylic acids is 4. The molecule has 8 nitrogen and oxygen atoms in total. The molecule has 0 saturated carbocycles. The van der Waals surface area contributed by atoms with Gasteiger partial charge < -0.3 is 18.9 Å². The van der Waals surface area contributed by atoms with Gasteiger partial charge >= 0.3 is 0 Å². The van der Waals surface area contributed by atoms with Crippen LogP contribution in [0.25, 0.3) is 0 Å². The molecule has 0 spiro atoms. The van der Waals surface area contributed by atoms with Crippen molar-refractivity contribution in [2.45, 2.75) is 12.8 Å². The summed E-state index contributed by atoms with van der Waals surface area (Å²) in [7, 11) is 5.25. The van der Waals surface area contributed by atoms with Gasteiger partial charge in [-0.3, -0.25) is 19.2 Å². The molecule has 30 heavy (non-hydrogen) atoms. The topological polar surface area (TPSA) is 105 Å². The molecular weight excluding hydrogens is 432 g/mol. The zero-order valence-corrected chi connectivity index (χ0v) is 18.7. The third kappa shape index (κ3) is 5.17. The molecule has 0 aromatic heterocycles. The van der Waals surface area contributed by atoms with E-state index in [9.17, 15) is 19.2 Å². The maximum Gasteiger partial charge on any atom is 0.238 e. The van der Waals surface area contributed by atoms with Crippen molar-refractivity contribution in [3.8, 4) is 0 Å². The summed E-state index contributed by atoms with van der Waals surface area (Å²) in [5.74, 6) is -0.722. The highest BCUT2D eigenvalue weighted by atomic mass is 32.2. The van der Waals surface area contributed by atoms with Crippen LogP contribution in [0.4, 0.5) is 0 Å². The van der Waals surface area contributed by atoms with Crippen molar-refractivity contribution in [1.82, 2.24) is 0 Å². The van der Waals surface area contributed by atoms with Crippen LogP contribution in [0.5, 0.6) is 0 Å². The fourth-order valence-corrected chi connectivity index (χ4v) is 4.66. The lowest BCUT2D eigenvalue weighted by Gasteiger charge is -2.17. The number of hydrogen-bond acceptors (Lipinski definition) is 10. The lowest BCUT2D eigenvalue weighted by atomic mass is 10.1. The van der Waals surface area contributed by atoms with Crippen molar-refractivity contribution >= 4 is 46.7 Å². The molecule has 0 fully saturated rings. The summed E-state index contributed by atoms with van der Waals surface area (Å²) in [6, 6.07) is 0. The summed E-state index contributed by atoms with van der Waals surface area (Å²) in [5, 5.41) is 0. The highest BCUT2D eigenvalue weighted by Crippen LogP contribution is 2.30. The first-order valence-corrected chi connectivity index (χ1v) is 10.9. The predicted molar refractivity (Wildman–Crippen MR) is 112 cm³/mol. The van der Waals surface area contributed by atoms with Crippen LogP contribution >= 0.6 is 23.5 Å². The van der Waals surface area contributed by atoms with Gasteiger partial charge in [-0.15, -0.1) is 23.5 Å². The van der Waals surface area contributed by atoms with E-state index in [4.69, 9.17) is 18.9 Å². The van der Waals surface area contributed by atoms with Crippen LogP contribution in [0.3, 0.4) is 0 Å². The zero-order valence-electron chi connectivity index (χ0n) is 17.1. The lowest BCUT2D eigenvalue weighted by Crippen LogP contribution is -2.20. The number of unbranched alkanes of at least 4 members (excludes halogenated alkanes) is 1. The Morgan fingerprint density at radius 3 is 1.23 bits per heavy atom. The van der Waals surface area contributed by atoms with Crippen molar-refractivity contribution in [2.75, 3.05) is 39.9 Å². The minimum atomic E-state index is -0.406. The Morgan fingerprint density at radius 2 is 0.933 bits per heavy atom. The smallest absolute Gasteiger partial charge is 0.238 e. The molecule has 0 amide bonds. The van der Waals surface area contributed by atoms with Crippen LogP contribution in [0.2, 0.25) is 0 Å². The van der Waals surface area contributed by atoms with Gasteiger partial charge in [-0.05, 0) is 24.3 Å². The van der Waals surface area contributed by atoms with Gasteiger partial charge in [0.1, 0.15) is 0 Å². The molecule has 0 saturated heterocycles. The molecular formula is C20H22O8S2. The summed E-state index contributed by atoms with van der Waals surface area (Å²) < 4.78 is 19.9. The Hall–Kier alpha value is -2.46. The fourth-order valence-electron chi connectivity index (χ4n) is 2.69. The first-order chi connectivity index (χ1) is 14.4. The van der Waals surface area contributed by atoms with E-state index in [1.54, 1.807) is 0 Å². The standard InChI is InChI=1S/C20H22O8S2/c1-25-17-11(21)9-13(15(23)19(17)27-3)29-7-5-6-8-30-14-10-12(22)18(26-2)20(28-4)16(14)24/h9-10H,5-8H2,1-4H3. The predicted octanol–water partition coefficient (Wildman–Crippen LogP) is 2.31. The maximum atomic E-state index is 12.4. The van der Waals surface area contributed by atoms with Crippen LogP contribution < -0.4 is 0 Å². The molecule has 0 radical (unpaired) electrons. The van der Waals surface area contributed by atoms with E-state index in [1.807, 2.05) is 0 Å². The normalized spacial score (nSPS) is 17.2. The molecule has 0 aromatic carbocycles. The molecule has 0 unspecified atom stereocenters. The number of ketones is 4. The SMILES string of the molecule is COC1=C(OC)C(=O)C(SCCCCSC2=CC(=O)C(OC)=C(OC)C2=O)=CC1=O. The number of thioether (sulfide) groups is 2. The Bertz CT molecular complexity index is 807. The van der Waals surface area contributed by atoms with E-state index in [0.29, 0.717) is 21.3 Å². The first-order valence-electron chi connectivity index (χ1n) is 8.91. The number of methoxy groups -OCH3 is 4. The Morgan fingerprint density at radius 1 is 0.600 bits per heavy atom. The molecule has 0 aromatic rings. The molecule has 10 heteroatoms. The number of Topliss-reactive ketones (excluding diaryl/α,β-unsaturated/α-hetero) is 2. The molecule has 0 N–H and O–H groups in total. The van der Waals surface area contributed by atoms with Gasteiger partial charge in [0.25, 0.3) is 0 Å². The average Bonchev–Trinajstić information content (AvgIpc) is 2.73. The second-order valence-electron chi connectivity index (χ2n) is 5.94. The molecule has 162 valence electrons. The van der Waals surface area contributed by atoms with Crippen molar-refractivity contribution in [3.05, 3.63) is 45.0 Å². The second-order valence-corrected chi connectivity index (χ2v) is 8.21. The van der Waals surface area contributed by atoms with Gasteiger partial charge in [0.15, 0.2) is 0 Å². The van der Waals surface area contributed by atoms with Crippen LogP contribution in [-0.4, -0.2) is 63.1 Å². The number of carbonyl (C=O) groups is 4. The van der Waals surface area contributed by atoms with E-state index in [0.717, 1.165) is 12.8 Å². The minimum Gasteiger partial charge on any atom is -0.490 e. The molecule has 2 aliphatic carbocycles. The Balaban J connectivity index is 1.81. The van der Waals surface area contributed by atoms with Crippen LogP contribution in [-0.2, 0) is 38.1 Å². The number of ether oxygens (including phenoxy) is 4. The summed E-state index contributed by atoms with van der Waals surface area (Å²) >= 11 is 2.53. The zero-order chi connectivity index (χ0) is 22.3. The van der Waals surface area contributed by atoms with Gasteiger partial charge in [0, 0.05) is 12.2 Å². The summed E-state index contributed by atoms with van der Waals surface area (Å²) in [5.41, 5.74) is 0. The summed E-state index contributed by atoms with van der Waals surface area (Å²) in [6.45, 7) is 0. The van der Waals surface area contributed by atoms with Gasteiger partial charge in [-0.2, -0.15) is 0 Å². The Kier molecular flexibility index (Phi) is 8.79. The van der Waals surface area contributed by atoms with Crippen LogP contribution in [0.15, 0.2) is 45.0 Å². The monoisotopic (exact) mass is 454 g/mol. The van der Waals surface area contributed by atoms with Crippen molar-refractivity contribution < 1.29 is 38.1 Å². The van der Waals surface area contributed by atoms with Crippen molar-refractivity contribution in [3.63, 3.8) is 0 Å². The largest absolute Gasteiger partial charge is 0.490 e. The van der Waals surface area contributed by atoms with E-state index in [1.165, 1.54) is 64.1 Å². The third-order valence-electron chi connectivity index (χ3n) is 4.11. The maximum absolute atomic E-state index is 12.4. The molecule has 0 heterocycles. The molecule has 0 aliphatic heterocycles. The van der Waals surface area contributed by atoms with E-state index in [-0.39, 0.29) is 34.6 Å². The molecule has 0 atom stereocenters. The number of allylic oxidation sites excluding steroid dienone is 4. The molecule has 2 rings (SSSR count). The van der Waals surface area contributed by atoms with Gasteiger partial charge in [0.05, 0.1) is 38.2 Å². The van der Waals surface area contributed by atoms with Crippen molar-refractivity contribution in [2.24, 2.45) is 0 Å². The second kappa shape index (κ2) is 11.1. The van der Waals surface area contributed by atoms with Gasteiger partial charge in [-0.1, -0.05) is 0 Å². The third-order valence-corrected chi connectivity index (χ3v) is 6.33. The fraction of sp³-hybridized carbons (Fsp3) is 0.400.